The number of carbonyl (C=O) groups excluding carboxylic acids is 1. The standard InChI is InChI=1S/C24H32N2O2/c1-4-22(28-23-13-8-18(2)16-19(23)3)24(27)25-17-20-9-11-21(12-10-20)26-14-6-5-7-15-26/h8-13,16,22H,4-7,14-15,17H2,1-3H3,(H,25,27). The highest BCUT2D eigenvalue weighted by atomic mass is 16.5. The average Bonchev–Trinajstić information content (AvgIpc) is 2.72. The third-order valence-electron chi connectivity index (χ3n) is 5.39. The lowest BCUT2D eigenvalue weighted by Crippen LogP contribution is -2.37. The molecule has 4 heteroatoms. The van der Waals surface area contributed by atoms with Gasteiger partial charge in [0.2, 0.25) is 0 Å². The van der Waals surface area contributed by atoms with Crippen LogP contribution in [0.4, 0.5) is 5.69 Å². The number of piperidine rings is 1. The Labute approximate surface area is 168 Å². The second kappa shape index (κ2) is 9.63. The maximum Gasteiger partial charge on any atom is 0.261 e. The summed E-state index contributed by atoms with van der Waals surface area (Å²) < 4.78 is 5.98. The molecule has 1 N–H and O–H groups in total. The molecule has 1 aliphatic heterocycles. The minimum absolute atomic E-state index is 0.0671. The fourth-order valence-electron chi connectivity index (χ4n) is 3.69. The van der Waals surface area contributed by atoms with E-state index in [4.69, 9.17) is 4.74 Å². The zero-order chi connectivity index (χ0) is 19.9. The summed E-state index contributed by atoms with van der Waals surface area (Å²) in [4.78, 5) is 15.0. The first kappa shape index (κ1) is 20.2. The first-order valence-electron chi connectivity index (χ1n) is 10.4. The first-order chi connectivity index (χ1) is 13.6. The summed E-state index contributed by atoms with van der Waals surface area (Å²) in [7, 11) is 0. The maximum absolute atomic E-state index is 12.6. The molecule has 4 nitrogen and oxygen atoms in total. The first-order valence-corrected chi connectivity index (χ1v) is 10.4. The molecular weight excluding hydrogens is 348 g/mol. The molecule has 150 valence electrons. The van der Waals surface area contributed by atoms with Gasteiger partial charge in [0, 0.05) is 25.3 Å². The van der Waals surface area contributed by atoms with E-state index in [1.165, 1.54) is 30.5 Å². The van der Waals surface area contributed by atoms with Gasteiger partial charge in [-0.2, -0.15) is 0 Å². The Morgan fingerprint density at radius 2 is 1.79 bits per heavy atom. The van der Waals surface area contributed by atoms with Crippen LogP contribution in [0.5, 0.6) is 5.75 Å². The average molecular weight is 381 g/mol. The molecule has 0 spiro atoms. The topological polar surface area (TPSA) is 41.6 Å². The van der Waals surface area contributed by atoms with Gasteiger partial charge in [0.1, 0.15) is 5.75 Å². The Balaban J connectivity index is 1.54. The van der Waals surface area contributed by atoms with Crippen molar-refractivity contribution in [3.63, 3.8) is 0 Å². The highest BCUT2D eigenvalue weighted by Gasteiger charge is 2.19. The number of rotatable bonds is 7. The van der Waals surface area contributed by atoms with Crippen molar-refractivity contribution in [3.05, 3.63) is 59.2 Å². The van der Waals surface area contributed by atoms with Gasteiger partial charge in [-0.05, 0) is 68.9 Å². The van der Waals surface area contributed by atoms with E-state index in [1.807, 2.05) is 26.0 Å². The largest absolute Gasteiger partial charge is 0.480 e. The Kier molecular flexibility index (Phi) is 6.96. The monoisotopic (exact) mass is 380 g/mol. The van der Waals surface area contributed by atoms with E-state index in [0.29, 0.717) is 13.0 Å². The smallest absolute Gasteiger partial charge is 0.261 e. The number of carbonyl (C=O) groups is 1. The number of amides is 1. The molecule has 0 aliphatic carbocycles. The zero-order valence-corrected chi connectivity index (χ0v) is 17.3. The van der Waals surface area contributed by atoms with E-state index in [0.717, 1.165) is 30.0 Å². The van der Waals surface area contributed by atoms with Gasteiger partial charge in [0.05, 0.1) is 0 Å². The molecule has 1 saturated heterocycles. The van der Waals surface area contributed by atoms with Crippen molar-refractivity contribution in [3.8, 4) is 5.75 Å². The lowest BCUT2D eigenvalue weighted by atomic mass is 10.1. The molecule has 2 aromatic rings. The van der Waals surface area contributed by atoms with Crippen LogP contribution in [0, 0.1) is 13.8 Å². The number of ether oxygens (including phenoxy) is 1. The number of hydrogen-bond acceptors (Lipinski definition) is 3. The Morgan fingerprint density at radius 1 is 1.07 bits per heavy atom. The van der Waals surface area contributed by atoms with Gasteiger partial charge in [0.15, 0.2) is 6.10 Å². The Hall–Kier alpha value is -2.49. The van der Waals surface area contributed by atoms with Crippen LogP contribution in [-0.4, -0.2) is 25.1 Å². The predicted molar refractivity (Wildman–Crippen MR) is 115 cm³/mol. The molecule has 1 heterocycles. The van der Waals surface area contributed by atoms with Gasteiger partial charge in [-0.1, -0.05) is 36.8 Å². The normalized spacial score (nSPS) is 15.2. The quantitative estimate of drug-likeness (QED) is 0.752. The van der Waals surface area contributed by atoms with Crippen LogP contribution in [0.15, 0.2) is 42.5 Å². The minimum atomic E-state index is -0.478. The van der Waals surface area contributed by atoms with E-state index in [9.17, 15) is 4.79 Å². The Bertz CT molecular complexity index is 780. The van der Waals surface area contributed by atoms with Gasteiger partial charge in [-0.3, -0.25) is 4.79 Å². The van der Waals surface area contributed by atoms with Crippen LogP contribution < -0.4 is 15.0 Å². The van der Waals surface area contributed by atoms with Crippen molar-refractivity contribution in [1.29, 1.82) is 0 Å². The number of aryl methyl sites for hydroxylation is 2. The summed E-state index contributed by atoms with van der Waals surface area (Å²) in [6.45, 7) is 8.84. The molecular formula is C24H32N2O2. The fourth-order valence-corrected chi connectivity index (χ4v) is 3.69. The fraction of sp³-hybridized carbons (Fsp3) is 0.458. The molecule has 3 rings (SSSR count). The number of nitrogens with zero attached hydrogens (tertiary/aromatic N) is 1. The molecule has 28 heavy (non-hydrogen) atoms. The third-order valence-corrected chi connectivity index (χ3v) is 5.39. The summed E-state index contributed by atoms with van der Waals surface area (Å²) >= 11 is 0. The summed E-state index contributed by atoms with van der Waals surface area (Å²) in [5, 5.41) is 3.02. The van der Waals surface area contributed by atoms with Crippen LogP contribution in [0.1, 0.15) is 49.3 Å². The van der Waals surface area contributed by atoms with Gasteiger partial charge in [-0.25, -0.2) is 0 Å². The van der Waals surface area contributed by atoms with Gasteiger partial charge in [-0.15, -0.1) is 0 Å². The number of hydrogen-bond donors (Lipinski definition) is 1. The molecule has 0 aromatic heterocycles. The second-order valence-electron chi connectivity index (χ2n) is 7.72. The van der Waals surface area contributed by atoms with E-state index < -0.39 is 6.10 Å². The van der Waals surface area contributed by atoms with Crippen molar-refractivity contribution >= 4 is 11.6 Å². The number of anilines is 1. The van der Waals surface area contributed by atoms with Crippen LogP contribution in [-0.2, 0) is 11.3 Å². The van der Waals surface area contributed by atoms with Crippen LogP contribution in [0.25, 0.3) is 0 Å². The van der Waals surface area contributed by atoms with Crippen LogP contribution in [0.3, 0.4) is 0 Å². The Morgan fingerprint density at radius 3 is 2.43 bits per heavy atom. The van der Waals surface area contributed by atoms with E-state index in [1.54, 1.807) is 0 Å². The van der Waals surface area contributed by atoms with Gasteiger partial charge in [0.25, 0.3) is 5.91 Å². The molecule has 1 fully saturated rings. The lowest BCUT2D eigenvalue weighted by molar-refractivity contribution is -0.128. The van der Waals surface area contributed by atoms with Crippen molar-refractivity contribution in [1.82, 2.24) is 5.32 Å². The molecule has 1 aliphatic rings. The second-order valence-corrected chi connectivity index (χ2v) is 7.72. The van der Waals surface area contributed by atoms with Crippen molar-refractivity contribution in [2.24, 2.45) is 0 Å². The lowest BCUT2D eigenvalue weighted by Gasteiger charge is -2.28. The van der Waals surface area contributed by atoms with E-state index >= 15 is 0 Å². The summed E-state index contributed by atoms with van der Waals surface area (Å²) in [5.41, 5.74) is 4.63. The minimum Gasteiger partial charge on any atom is -0.480 e. The molecule has 1 unspecified atom stereocenters. The number of nitrogens with one attached hydrogen (secondary N) is 1. The summed E-state index contributed by atoms with van der Waals surface area (Å²) in [6, 6.07) is 14.6. The van der Waals surface area contributed by atoms with Gasteiger partial charge < -0.3 is 15.0 Å². The third kappa shape index (κ3) is 5.28. The molecule has 0 bridgehead atoms. The predicted octanol–water partition coefficient (Wildman–Crippen LogP) is 4.77. The highest BCUT2D eigenvalue weighted by molar-refractivity contribution is 5.81. The molecule has 1 atom stereocenters. The van der Waals surface area contributed by atoms with Crippen LogP contribution in [0.2, 0.25) is 0 Å². The number of benzene rings is 2. The molecule has 0 radical (unpaired) electrons. The van der Waals surface area contributed by atoms with Gasteiger partial charge >= 0.3 is 0 Å². The van der Waals surface area contributed by atoms with E-state index in [-0.39, 0.29) is 5.91 Å². The van der Waals surface area contributed by atoms with Crippen molar-refractivity contribution in [2.45, 2.75) is 59.1 Å². The van der Waals surface area contributed by atoms with E-state index in [2.05, 4.69) is 47.5 Å². The summed E-state index contributed by atoms with van der Waals surface area (Å²) in [5.74, 6) is 0.709. The zero-order valence-electron chi connectivity index (χ0n) is 17.3. The maximum atomic E-state index is 12.6. The van der Waals surface area contributed by atoms with Crippen molar-refractivity contribution < 1.29 is 9.53 Å². The van der Waals surface area contributed by atoms with Crippen molar-refractivity contribution in [2.75, 3.05) is 18.0 Å². The molecule has 2 aromatic carbocycles. The summed E-state index contributed by atoms with van der Waals surface area (Å²) in [6.07, 6.45) is 4.04. The molecule has 1 amide bonds. The molecule has 0 saturated carbocycles. The SMILES string of the molecule is CCC(Oc1ccc(C)cc1C)C(=O)NCc1ccc(N2CCCCC2)cc1. The van der Waals surface area contributed by atoms with Crippen LogP contribution >= 0.6 is 0 Å². The highest BCUT2D eigenvalue weighted by Crippen LogP contribution is 2.22.